The molecule has 1 atom stereocenters. The maximum atomic E-state index is 6.15. The number of aryl methyl sites for hydroxylation is 1. The van der Waals surface area contributed by atoms with Gasteiger partial charge in [-0.15, -0.1) is 0 Å². The first kappa shape index (κ1) is 14.9. The third-order valence-electron chi connectivity index (χ3n) is 3.25. The van der Waals surface area contributed by atoms with Gasteiger partial charge in [-0.3, -0.25) is 0 Å². The molecule has 20 heavy (non-hydrogen) atoms. The minimum absolute atomic E-state index is 0.211. The Morgan fingerprint density at radius 1 is 1.40 bits per heavy atom. The van der Waals surface area contributed by atoms with Crippen molar-refractivity contribution in [2.75, 3.05) is 19.0 Å². The van der Waals surface area contributed by atoms with Crippen molar-refractivity contribution in [1.82, 2.24) is 9.55 Å². The van der Waals surface area contributed by atoms with E-state index in [9.17, 15) is 0 Å². The maximum absolute atomic E-state index is 6.15. The highest BCUT2D eigenvalue weighted by atomic mass is 35.5. The van der Waals surface area contributed by atoms with Gasteiger partial charge in [-0.2, -0.15) is 0 Å². The van der Waals surface area contributed by atoms with E-state index >= 15 is 0 Å². The molecule has 0 saturated carbocycles. The van der Waals surface area contributed by atoms with Crippen LogP contribution in [0.1, 0.15) is 24.2 Å². The van der Waals surface area contributed by atoms with Crippen LogP contribution in [0.3, 0.4) is 0 Å². The van der Waals surface area contributed by atoms with Crippen LogP contribution in [0.5, 0.6) is 0 Å². The van der Waals surface area contributed by atoms with Crippen molar-refractivity contribution in [3.8, 4) is 0 Å². The third-order valence-corrected chi connectivity index (χ3v) is 3.66. The molecule has 2 rings (SSSR count). The number of imidazole rings is 1. The normalized spacial score (nSPS) is 12.4. The molecule has 0 radical (unpaired) electrons. The predicted octanol–water partition coefficient (Wildman–Crippen LogP) is 4.10. The lowest BCUT2D eigenvalue weighted by atomic mass is 10.2. The van der Waals surface area contributed by atoms with Crippen LogP contribution < -0.4 is 5.32 Å². The number of aromatic nitrogens is 2. The summed E-state index contributed by atoms with van der Waals surface area (Å²) in [5.74, 6) is 0.803. The molecule has 5 heteroatoms. The van der Waals surface area contributed by atoms with Crippen LogP contribution in [0.15, 0.2) is 24.4 Å². The van der Waals surface area contributed by atoms with Gasteiger partial charge in [0.2, 0.25) is 5.95 Å². The fourth-order valence-electron chi connectivity index (χ4n) is 2.13. The Kier molecular flexibility index (Phi) is 4.68. The fraction of sp³-hybridized carbons (Fsp3) is 0.400. The van der Waals surface area contributed by atoms with E-state index in [4.69, 9.17) is 16.3 Å². The van der Waals surface area contributed by atoms with E-state index in [1.165, 1.54) is 0 Å². The van der Waals surface area contributed by atoms with Crippen LogP contribution >= 0.6 is 11.6 Å². The molecule has 0 amide bonds. The molecule has 2 aromatic rings. The number of nitrogens with one attached hydrogen (secondary N) is 1. The lowest BCUT2D eigenvalue weighted by Gasteiger charge is -2.17. The highest BCUT2D eigenvalue weighted by Gasteiger charge is 2.13. The van der Waals surface area contributed by atoms with Gasteiger partial charge in [0.25, 0.3) is 0 Å². The van der Waals surface area contributed by atoms with Crippen LogP contribution in [-0.2, 0) is 4.74 Å². The summed E-state index contributed by atoms with van der Waals surface area (Å²) < 4.78 is 7.30. The molecule has 4 nitrogen and oxygen atoms in total. The van der Waals surface area contributed by atoms with Crippen molar-refractivity contribution in [1.29, 1.82) is 0 Å². The minimum atomic E-state index is 0.211. The fourth-order valence-corrected chi connectivity index (χ4v) is 2.30. The average Bonchev–Trinajstić information content (AvgIpc) is 2.76. The molecule has 0 aliphatic rings. The van der Waals surface area contributed by atoms with E-state index in [0.29, 0.717) is 6.61 Å². The number of benzene rings is 1. The number of anilines is 2. The van der Waals surface area contributed by atoms with Gasteiger partial charge in [0, 0.05) is 24.0 Å². The smallest absolute Gasteiger partial charge is 0.207 e. The Labute approximate surface area is 124 Å². The molecule has 0 bridgehead atoms. The van der Waals surface area contributed by atoms with Crippen molar-refractivity contribution in [2.24, 2.45) is 0 Å². The van der Waals surface area contributed by atoms with Gasteiger partial charge in [-0.1, -0.05) is 17.7 Å². The van der Waals surface area contributed by atoms with E-state index < -0.39 is 0 Å². The third kappa shape index (κ3) is 3.14. The summed E-state index contributed by atoms with van der Waals surface area (Å²) >= 11 is 6.15. The zero-order chi connectivity index (χ0) is 14.7. The molecular weight excluding hydrogens is 274 g/mol. The molecular formula is C15H20ClN3O. The molecule has 0 fully saturated rings. The predicted molar refractivity (Wildman–Crippen MR) is 83.0 cm³/mol. The van der Waals surface area contributed by atoms with Crippen LogP contribution in [0.4, 0.5) is 11.6 Å². The second-order valence-corrected chi connectivity index (χ2v) is 5.36. The van der Waals surface area contributed by atoms with Gasteiger partial charge in [-0.05, 0) is 38.5 Å². The summed E-state index contributed by atoms with van der Waals surface area (Å²) in [5.41, 5.74) is 2.95. The van der Waals surface area contributed by atoms with Crippen molar-refractivity contribution >= 4 is 23.2 Å². The monoisotopic (exact) mass is 293 g/mol. The van der Waals surface area contributed by atoms with Gasteiger partial charge in [0.1, 0.15) is 0 Å². The van der Waals surface area contributed by atoms with Crippen LogP contribution in [0.2, 0.25) is 5.02 Å². The number of rotatable bonds is 5. The quantitative estimate of drug-likeness (QED) is 0.902. The Morgan fingerprint density at radius 2 is 2.15 bits per heavy atom. The summed E-state index contributed by atoms with van der Waals surface area (Å²) in [6.45, 7) is 6.70. The lowest BCUT2D eigenvalue weighted by Crippen LogP contribution is -2.13. The Hall–Kier alpha value is -1.52. The highest BCUT2D eigenvalue weighted by molar-refractivity contribution is 6.31. The summed E-state index contributed by atoms with van der Waals surface area (Å²) in [7, 11) is 1.70. The second-order valence-electron chi connectivity index (χ2n) is 4.95. The number of hydrogen-bond donors (Lipinski definition) is 1. The molecule has 0 aliphatic carbocycles. The first-order chi connectivity index (χ1) is 9.52. The number of hydrogen-bond acceptors (Lipinski definition) is 3. The molecule has 0 aliphatic heterocycles. The molecule has 1 unspecified atom stereocenters. The van der Waals surface area contributed by atoms with Gasteiger partial charge < -0.3 is 14.6 Å². The zero-order valence-electron chi connectivity index (χ0n) is 12.3. The lowest BCUT2D eigenvalue weighted by molar-refractivity contribution is 0.163. The number of methoxy groups -OCH3 is 1. The van der Waals surface area contributed by atoms with Gasteiger partial charge >= 0.3 is 0 Å². The second kappa shape index (κ2) is 6.29. The van der Waals surface area contributed by atoms with E-state index in [0.717, 1.165) is 27.9 Å². The van der Waals surface area contributed by atoms with Crippen LogP contribution in [-0.4, -0.2) is 23.3 Å². The Bertz CT molecular complexity index is 595. The minimum Gasteiger partial charge on any atom is -0.383 e. The van der Waals surface area contributed by atoms with E-state index in [2.05, 4.69) is 21.8 Å². The Balaban J connectivity index is 2.31. The van der Waals surface area contributed by atoms with Gasteiger partial charge in [0.15, 0.2) is 0 Å². The first-order valence-electron chi connectivity index (χ1n) is 6.59. The number of halogens is 1. The first-order valence-corrected chi connectivity index (χ1v) is 6.97. The number of nitrogens with zero attached hydrogens (tertiary/aromatic N) is 2. The standard InChI is InChI=1S/C15H20ClN3O/c1-10-8-19(11(2)9-20-4)15(17-10)18-14-7-5-6-13(16)12(14)3/h5-8,11H,9H2,1-4H3,(H,17,18). The molecule has 1 heterocycles. The van der Waals surface area contributed by atoms with Crippen LogP contribution in [0.25, 0.3) is 0 Å². The molecule has 1 N–H and O–H groups in total. The topological polar surface area (TPSA) is 39.1 Å². The molecule has 0 spiro atoms. The van der Waals surface area contributed by atoms with Crippen molar-refractivity contribution in [3.05, 3.63) is 40.7 Å². The largest absolute Gasteiger partial charge is 0.383 e. The Morgan fingerprint density at radius 3 is 2.85 bits per heavy atom. The van der Waals surface area contributed by atoms with Gasteiger partial charge in [-0.25, -0.2) is 4.98 Å². The average molecular weight is 294 g/mol. The molecule has 1 aromatic carbocycles. The van der Waals surface area contributed by atoms with E-state index in [1.807, 2.05) is 38.2 Å². The summed E-state index contributed by atoms with van der Waals surface area (Å²) in [6.07, 6.45) is 2.02. The molecule has 0 saturated heterocycles. The summed E-state index contributed by atoms with van der Waals surface area (Å²) in [4.78, 5) is 4.53. The number of ether oxygens (including phenoxy) is 1. The van der Waals surface area contributed by atoms with Crippen LogP contribution in [0, 0.1) is 13.8 Å². The summed E-state index contributed by atoms with van der Waals surface area (Å²) in [6, 6.07) is 6.02. The van der Waals surface area contributed by atoms with Crippen molar-refractivity contribution in [2.45, 2.75) is 26.8 Å². The zero-order valence-corrected chi connectivity index (χ0v) is 13.0. The maximum Gasteiger partial charge on any atom is 0.207 e. The highest BCUT2D eigenvalue weighted by Crippen LogP contribution is 2.27. The summed E-state index contributed by atoms with van der Waals surface area (Å²) in [5, 5.41) is 4.10. The van der Waals surface area contributed by atoms with Crippen molar-refractivity contribution in [3.63, 3.8) is 0 Å². The van der Waals surface area contributed by atoms with E-state index in [1.54, 1.807) is 7.11 Å². The molecule has 1 aromatic heterocycles. The molecule has 108 valence electrons. The van der Waals surface area contributed by atoms with Gasteiger partial charge in [0.05, 0.1) is 18.3 Å². The van der Waals surface area contributed by atoms with Crippen molar-refractivity contribution < 1.29 is 4.74 Å². The van der Waals surface area contributed by atoms with E-state index in [-0.39, 0.29) is 6.04 Å². The SMILES string of the molecule is COCC(C)n1cc(C)nc1Nc1cccc(Cl)c1C.